The largest absolute Gasteiger partial charge is 0.411 e. The van der Waals surface area contributed by atoms with Gasteiger partial charge in [-0.25, -0.2) is 0 Å². The quantitative estimate of drug-likeness (QED) is 0.745. The Morgan fingerprint density at radius 2 is 1.80 bits per heavy atom. The summed E-state index contributed by atoms with van der Waals surface area (Å²) >= 11 is 0. The number of carbonyl (C=O) groups is 1. The van der Waals surface area contributed by atoms with Gasteiger partial charge in [-0.15, -0.1) is 0 Å². The van der Waals surface area contributed by atoms with Crippen LogP contribution < -0.4 is 5.32 Å². The maximum atomic E-state index is 12.0. The minimum absolute atomic E-state index is 0.102. The van der Waals surface area contributed by atoms with Gasteiger partial charge in [0.2, 0.25) is 5.91 Å². The number of carbonyl (C=O) groups excluding carboxylic acids is 1. The summed E-state index contributed by atoms with van der Waals surface area (Å²) in [6.07, 6.45) is -4.78. The Labute approximate surface area is 118 Å². The first kappa shape index (κ1) is 19.2. The standard InChI is InChI=1S/C13H25F3N2O2/c1-9(2)6-11(7-18(4)5)17-12(19)10(3)20-8-13(14,15)16/h9-11H,6-8H2,1-5H3,(H,17,19). The Balaban J connectivity index is 4.35. The molecule has 0 fully saturated rings. The van der Waals surface area contributed by atoms with Gasteiger partial charge in [0, 0.05) is 12.6 Å². The first-order valence-electron chi connectivity index (χ1n) is 6.64. The molecule has 1 N–H and O–H groups in total. The molecule has 0 aliphatic carbocycles. The fraction of sp³-hybridized carbons (Fsp3) is 0.923. The van der Waals surface area contributed by atoms with Crippen molar-refractivity contribution >= 4 is 5.91 Å². The SMILES string of the molecule is CC(C)CC(CN(C)C)NC(=O)C(C)OCC(F)(F)F. The monoisotopic (exact) mass is 298 g/mol. The molecule has 1 amide bonds. The van der Waals surface area contributed by atoms with Crippen molar-refractivity contribution in [3.63, 3.8) is 0 Å². The van der Waals surface area contributed by atoms with Crippen LogP contribution in [0.1, 0.15) is 27.2 Å². The Morgan fingerprint density at radius 1 is 1.25 bits per heavy atom. The zero-order chi connectivity index (χ0) is 15.9. The van der Waals surface area contributed by atoms with E-state index in [-0.39, 0.29) is 6.04 Å². The van der Waals surface area contributed by atoms with Crippen molar-refractivity contribution in [3.8, 4) is 0 Å². The van der Waals surface area contributed by atoms with Crippen LogP contribution in [0, 0.1) is 5.92 Å². The summed E-state index contributed by atoms with van der Waals surface area (Å²) in [5, 5.41) is 2.74. The van der Waals surface area contributed by atoms with Crippen LogP contribution >= 0.6 is 0 Å². The Morgan fingerprint density at radius 3 is 2.20 bits per heavy atom. The minimum Gasteiger partial charge on any atom is -0.359 e. The normalized spacial score (nSPS) is 15.5. The molecule has 0 bridgehead atoms. The molecular formula is C13H25F3N2O2. The summed E-state index contributed by atoms with van der Waals surface area (Å²) in [5.41, 5.74) is 0. The third kappa shape index (κ3) is 10.0. The molecule has 120 valence electrons. The Bertz CT molecular complexity index is 284. The van der Waals surface area contributed by atoms with Crippen LogP contribution in [-0.4, -0.2) is 56.4 Å². The second-order valence-corrected chi connectivity index (χ2v) is 5.67. The van der Waals surface area contributed by atoms with Crippen molar-refractivity contribution in [1.82, 2.24) is 10.2 Å². The maximum absolute atomic E-state index is 12.0. The number of halogens is 3. The van der Waals surface area contributed by atoms with Crippen molar-refractivity contribution in [2.75, 3.05) is 27.2 Å². The zero-order valence-electron chi connectivity index (χ0n) is 12.8. The van der Waals surface area contributed by atoms with Crippen molar-refractivity contribution in [1.29, 1.82) is 0 Å². The number of rotatable bonds is 8. The summed E-state index contributed by atoms with van der Waals surface area (Å²) in [6.45, 7) is 4.60. The van der Waals surface area contributed by atoms with E-state index in [1.165, 1.54) is 6.92 Å². The fourth-order valence-electron chi connectivity index (χ4n) is 1.80. The van der Waals surface area contributed by atoms with Crippen LogP contribution in [0.4, 0.5) is 13.2 Å². The second kappa shape index (κ2) is 8.46. The van der Waals surface area contributed by atoms with Gasteiger partial charge in [-0.05, 0) is 33.4 Å². The van der Waals surface area contributed by atoms with E-state index >= 15 is 0 Å². The third-order valence-electron chi connectivity index (χ3n) is 2.55. The van der Waals surface area contributed by atoms with Gasteiger partial charge in [0.1, 0.15) is 12.7 Å². The van der Waals surface area contributed by atoms with Gasteiger partial charge in [-0.3, -0.25) is 4.79 Å². The molecule has 0 aromatic rings. The van der Waals surface area contributed by atoms with E-state index in [4.69, 9.17) is 0 Å². The molecule has 2 atom stereocenters. The number of hydrogen-bond donors (Lipinski definition) is 1. The number of nitrogens with one attached hydrogen (secondary N) is 1. The number of nitrogens with zero attached hydrogens (tertiary/aromatic N) is 1. The van der Waals surface area contributed by atoms with Crippen LogP contribution in [0.2, 0.25) is 0 Å². The van der Waals surface area contributed by atoms with E-state index in [1.807, 2.05) is 32.8 Å². The molecule has 0 aromatic carbocycles. The fourth-order valence-corrected chi connectivity index (χ4v) is 1.80. The lowest BCUT2D eigenvalue weighted by molar-refractivity contribution is -0.185. The van der Waals surface area contributed by atoms with Gasteiger partial charge in [0.05, 0.1) is 0 Å². The van der Waals surface area contributed by atoms with E-state index in [9.17, 15) is 18.0 Å². The van der Waals surface area contributed by atoms with Crippen LogP contribution in [-0.2, 0) is 9.53 Å². The van der Waals surface area contributed by atoms with E-state index in [2.05, 4.69) is 10.1 Å². The van der Waals surface area contributed by atoms with Gasteiger partial charge in [0.25, 0.3) is 0 Å². The van der Waals surface area contributed by atoms with Crippen molar-refractivity contribution in [3.05, 3.63) is 0 Å². The van der Waals surface area contributed by atoms with E-state index in [0.29, 0.717) is 12.5 Å². The zero-order valence-corrected chi connectivity index (χ0v) is 12.8. The summed E-state index contributed by atoms with van der Waals surface area (Å²) in [7, 11) is 3.76. The van der Waals surface area contributed by atoms with Gasteiger partial charge in [-0.1, -0.05) is 13.8 Å². The van der Waals surface area contributed by atoms with Gasteiger partial charge >= 0.3 is 6.18 Å². The van der Waals surface area contributed by atoms with Crippen LogP contribution in [0.5, 0.6) is 0 Å². The van der Waals surface area contributed by atoms with Crippen LogP contribution in [0.3, 0.4) is 0 Å². The lowest BCUT2D eigenvalue weighted by Crippen LogP contribution is -2.46. The highest BCUT2D eigenvalue weighted by Gasteiger charge is 2.30. The molecule has 0 heterocycles. The number of hydrogen-bond acceptors (Lipinski definition) is 3. The van der Waals surface area contributed by atoms with Crippen LogP contribution in [0.25, 0.3) is 0 Å². The first-order chi connectivity index (χ1) is 9.01. The predicted molar refractivity (Wildman–Crippen MR) is 71.4 cm³/mol. The summed E-state index contributed by atoms with van der Waals surface area (Å²) < 4.78 is 40.6. The van der Waals surface area contributed by atoms with E-state index in [1.54, 1.807) is 0 Å². The van der Waals surface area contributed by atoms with Crippen molar-refractivity contribution in [2.24, 2.45) is 5.92 Å². The molecule has 0 saturated heterocycles. The highest BCUT2D eigenvalue weighted by atomic mass is 19.4. The van der Waals surface area contributed by atoms with E-state index < -0.39 is 24.8 Å². The average Bonchev–Trinajstić information content (AvgIpc) is 2.22. The molecule has 0 saturated carbocycles. The molecule has 0 aliphatic rings. The molecular weight excluding hydrogens is 273 g/mol. The lowest BCUT2D eigenvalue weighted by Gasteiger charge is -2.25. The molecule has 0 radical (unpaired) electrons. The smallest absolute Gasteiger partial charge is 0.359 e. The summed E-state index contributed by atoms with van der Waals surface area (Å²) in [5.74, 6) is -0.131. The molecule has 0 aromatic heterocycles. The van der Waals surface area contributed by atoms with Crippen LogP contribution in [0.15, 0.2) is 0 Å². The number of amides is 1. The third-order valence-corrected chi connectivity index (χ3v) is 2.55. The molecule has 7 heteroatoms. The molecule has 20 heavy (non-hydrogen) atoms. The average molecular weight is 298 g/mol. The predicted octanol–water partition coefficient (Wildman–Crippen LogP) is 2.05. The highest BCUT2D eigenvalue weighted by molar-refractivity contribution is 5.80. The minimum atomic E-state index is -4.42. The number of alkyl halides is 3. The van der Waals surface area contributed by atoms with Gasteiger partial charge in [0.15, 0.2) is 0 Å². The van der Waals surface area contributed by atoms with E-state index in [0.717, 1.165) is 6.42 Å². The number of ether oxygens (including phenoxy) is 1. The van der Waals surface area contributed by atoms with Gasteiger partial charge < -0.3 is 15.0 Å². The first-order valence-corrected chi connectivity index (χ1v) is 6.64. The summed E-state index contributed by atoms with van der Waals surface area (Å²) in [6, 6.07) is -0.102. The highest BCUT2D eigenvalue weighted by Crippen LogP contribution is 2.15. The Hall–Kier alpha value is -0.820. The maximum Gasteiger partial charge on any atom is 0.411 e. The van der Waals surface area contributed by atoms with Crippen molar-refractivity contribution in [2.45, 2.75) is 45.5 Å². The lowest BCUT2D eigenvalue weighted by atomic mass is 10.0. The van der Waals surface area contributed by atoms with Gasteiger partial charge in [-0.2, -0.15) is 13.2 Å². The number of likely N-dealkylation sites (N-methyl/N-ethyl adjacent to an activating group) is 1. The molecule has 4 nitrogen and oxygen atoms in total. The summed E-state index contributed by atoms with van der Waals surface area (Å²) in [4.78, 5) is 13.7. The second-order valence-electron chi connectivity index (χ2n) is 5.67. The molecule has 0 rings (SSSR count). The molecule has 0 aliphatic heterocycles. The molecule has 2 unspecified atom stereocenters. The topological polar surface area (TPSA) is 41.6 Å². The molecule has 0 spiro atoms. The van der Waals surface area contributed by atoms with Crippen molar-refractivity contribution < 1.29 is 22.7 Å². The Kier molecular flexibility index (Phi) is 8.12.